The lowest BCUT2D eigenvalue weighted by atomic mass is 10.1. The molecular formula is C33H34N4O7. The third kappa shape index (κ3) is 9.02. The molecule has 11 nitrogen and oxygen atoms in total. The molecule has 4 rings (SSSR count). The van der Waals surface area contributed by atoms with E-state index in [1.807, 2.05) is 84.5 Å². The fraction of sp³-hybridized carbons (Fsp3) is 0.242. The minimum absolute atomic E-state index is 0.0656. The Labute approximate surface area is 255 Å². The molecule has 1 atom stereocenters. The van der Waals surface area contributed by atoms with Gasteiger partial charge in [0.25, 0.3) is 0 Å². The Balaban J connectivity index is 1.29. The minimum Gasteiger partial charge on any atom is -0.444 e. The standard InChI is InChI=1S/C33H34N4O7/c1-4-41-33(40)44-22(2)43-29(38)19-12-23-10-13-27(14-11-23)31-35-28(20-37(31)3)25-15-17-26(18-16-25)30(34)36-32(39)42-21-24-8-6-5-7-9-24/h5-11,13-18,20,22H,4,12,19,21H2,1-3H3,(H2,34,36,39). The molecule has 0 radical (unpaired) electrons. The maximum atomic E-state index is 12.1. The maximum absolute atomic E-state index is 12.1. The van der Waals surface area contributed by atoms with E-state index in [9.17, 15) is 14.4 Å². The average molecular weight is 599 g/mol. The van der Waals surface area contributed by atoms with E-state index in [1.54, 1.807) is 19.1 Å². The zero-order valence-corrected chi connectivity index (χ0v) is 24.7. The van der Waals surface area contributed by atoms with Crippen molar-refractivity contribution in [1.29, 1.82) is 5.41 Å². The van der Waals surface area contributed by atoms with Crippen molar-refractivity contribution in [3.05, 3.63) is 102 Å². The number of ether oxygens (including phenoxy) is 4. The van der Waals surface area contributed by atoms with E-state index >= 15 is 0 Å². The summed E-state index contributed by atoms with van der Waals surface area (Å²) in [4.78, 5) is 40.3. The van der Waals surface area contributed by atoms with Crippen LogP contribution in [0.2, 0.25) is 0 Å². The summed E-state index contributed by atoms with van der Waals surface area (Å²) in [5.41, 5.74) is 4.83. The van der Waals surface area contributed by atoms with Crippen LogP contribution in [0.15, 0.2) is 85.1 Å². The Hall–Kier alpha value is -5.45. The SMILES string of the molecule is CCOC(=O)OC(C)OC(=O)CCc1ccc(-c2nc(-c3ccc(C(=N)NC(=O)OCc4ccccc4)cc3)cn2C)cc1. The molecule has 1 amide bonds. The molecule has 0 aliphatic carbocycles. The molecule has 3 aromatic carbocycles. The first kappa shape index (κ1) is 31.5. The predicted molar refractivity (Wildman–Crippen MR) is 163 cm³/mol. The number of hydrogen-bond acceptors (Lipinski definition) is 9. The highest BCUT2D eigenvalue weighted by Gasteiger charge is 2.16. The number of amidine groups is 1. The largest absolute Gasteiger partial charge is 0.511 e. The van der Waals surface area contributed by atoms with E-state index in [0.29, 0.717) is 12.0 Å². The number of nitrogens with zero attached hydrogens (tertiary/aromatic N) is 2. The van der Waals surface area contributed by atoms with Gasteiger partial charge in [0.1, 0.15) is 18.3 Å². The molecule has 0 aliphatic rings. The van der Waals surface area contributed by atoms with Gasteiger partial charge in [0.05, 0.1) is 12.3 Å². The Morgan fingerprint density at radius 1 is 0.886 bits per heavy atom. The van der Waals surface area contributed by atoms with E-state index in [-0.39, 0.29) is 25.5 Å². The highest BCUT2D eigenvalue weighted by atomic mass is 16.8. The van der Waals surface area contributed by atoms with Gasteiger partial charge in [0.2, 0.25) is 6.29 Å². The van der Waals surface area contributed by atoms with Gasteiger partial charge in [0, 0.05) is 43.3 Å². The summed E-state index contributed by atoms with van der Waals surface area (Å²) in [6, 6.07) is 24.2. The fourth-order valence-electron chi connectivity index (χ4n) is 4.24. The highest BCUT2D eigenvalue weighted by Crippen LogP contribution is 2.25. The predicted octanol–water partition coefficient (Wildman–Crippen LogP) is 6.00. The normalized spacial score (nSPS) is 11.2. The van der Waals surface area contributed by atoms with Crippen molar-refractivity contribution in [1.82, 2.24) is 14.9 Å². The lowest BCUT2D eigenvalue weighted by molar-refractivity contribution is -0.167. The minimum atomic E-state index is -1.03. The van der Waals surface area contributed by atoms with Crippen LogP contribution in [0.4, 0.5) is 9.59 Å². The molecule has 228 valence electrons. The number of esters is 1. The van der Waals surface area contributed by atoms with Crippen molar-refractivity contribution in [2.75, 3.05) is 6.61 Å². The number of benzene rings is 3. The summed E-state index contributed by atoms with van der Waals surface area (Å²) < 4.78 is 21.7. The van der Waals surface area contributed by atoms with Gasteiger partial charge in [-0.25, -0.2) is 14.6 Å². The van der Waals surface area contributed by atoms with Gasteiger partial charge in [-0.1, -0.05) is 78.9 Å². The molecular weight excluding hydrogens is 564 g/mol. The molecule has 0 fully saturated rings. The Morgan fingerprint density at radius 2 is 1.57 bits per heavy atom. The lowest BCUT2D eigenvalue weighted by Gasteiger charge is -2.13. The van der Waals surface area contributed by atoms with Crippen molar-refractivity contribution < 1.29 is 33.3 Å². The van der Waals surface area contributed by atoms with Crippen LogP contribution in [0.25, 0.3) is 22.6 Å². The quantitative estimate of drug-likeness (QED) is 0.0704. The second-order valence-electron chi connectivity index (χ2n) is 9.76. The summed E-state index contributed by atoms with van der Waals surface area (Å²) in [5, 5.41) is 10.7. The van der Waals surface area contributed by atoms with E-state index in [0.717, 1.165) is 33.8 Å². The number of nitrogens with one attached hydrogen (secondary N) is 2. The topological polar surface area (TPSA) is 142 Å². The molecule has 11 heteroatoms. The van der Waals surface area contributed by atoms with Crippen LogP contribution in [-0.2, 0) is 43.8 Å². The summed E-state index contributed by atoms with van der Waals surface area (Å²) in [7, 11) is 1.91. The zero-order valence-electron chi connectivity index (χ0n) is 24.7. The van der Waals surface area contributed by atoms with Crippen molar-refractivity contribution in [3.63, 3.8) is 0 Å². The van der Waals surface area contributed by atoms with Crippen molar-refractivity contribution in [2.24, 2.45) is 7.05 Å². The lowest BCUT2D eigenvalue weighted by Crippen LogP contribution is -2.30. The first-order valence-electron chi connectivity index (χ1n) is 14.0. The maximum Gasteiger partial charge on any atom is 0.511 e. The number of alkyl carbamates (subject to hydrolysis) is 1. The zero-order chi connectivity index (χ0) is 31.5. The van der Waals surface area contributed by atoms with Crippen molar-refractivity contribution in [3.8, 4) is 22.6 Å². The van der Waals surface area contributed by atoms with Crippen molar-refractivity contribution in [2.45, 2.75) is 39.6 Å². The summed E-state index contributed by atoms with van der Waals surface area (Å²) in [6.45, 7) is 3.39. The summed E-state index contributed by atoms with van der Waals surface area (Å²) in [5.74, 6) is 0.208. The number of rotatable bonds is 11. The molecule has 0 aliphatic heterocycles. The van der Waals surface area contributed by atoms with Crippen LogP contribution >= 0.6 is 0 Å². The van der Waals surface area contributed by atoms with Gasteiger partial charge in [-0.15, -0.1) is 0 Å². The average Bonchev–Trinajstić information content (AvgIpc) is 3.41. The van der Waals surface area contributed by atoms with E-state index in [4.69, 9.17) is 24.6 Å². The van der Waals surface area contributed by atoms with Crippen LogP contribution in [0, 0.1) is 5.41 Å². The molecule has 1 aromatic heterocycles. The molecule has 0 saturated carbocycles. The van der Waals surface area contributed by atoms with Crippen molar-refractivity contribution >= 4 is 24.1 Å². The van der Waals surface area contributed by atoms with E-state index in [1.165, 1.54) is 6.92 Å². The van der Waals surface area contributed by atoms with Gasteiger partial charge < -0.3 is 23.5 Å². The third-order valence-electron chi connectivity index (χ3n) is 6.44. The van der Waals surface area contributed by atoms with Crippen LogP contribution in [0.3, 0.4) is 0 Å². The van der Waals surface area contributed by atoms with Crippen LogP contribution < -0.4 is 5.32 Å². The number of carbonyl (C=O) groups excluding carboxylic acids is 3. The molecule has 44 heavy (non-hydrogen) atoms. The van der Waals surface area contributed by atoms with Crippen LogP contribution in [0.1, 0.15) is 37.0 Å². The number of aromatic nitrogens is 2. The molecule has 0 spiro atoms. The number of aryl methyl sites for hydroxylation is 2. The fourth-order valence-corrected chi connectivity index (χ4v) is 4.24. The van der Waals surface area contributed by atoms with Crippen LogP contribution in [-0.4, -0.2) is 46.5 Å². The number of amides is 1. The molecule has 4 aromatic rings. The smallest absolute Gasteiger partial charge is 0.444 e. The Bertz CT molecular complexity index is 1580. The van der Waals surface area contributed by atoms with Gasteiger partial charge in [-0.3, -0.25) is 15.5 Å². The second-order valence-corrected chi connectivity index (χ2v) is 9.76. The number of hydrogen-bond donors (Lipinski definition) is 2. The second kappa shape index (κ2) is 15.1. The monoisotopic (exact) mass is 598 g/mol. The highest BCUT2D eigenvalue weighted by molar-refractivity contribution is 6.04. The van der Waals surface area contributed by atoms with E-state index in [2.05, 4.69) is 10.1 Å². The van der Waals surface area contributed by atoms with Gasteiger partial charge >= 0.3 is 18.2 Å². The van der Waals surface area contributed by atoms with E-state index < -0.39 is 24.5 Å². The summed E-state index contributed by atoms with van der Waals surface area (Å²) in [6.07, 6.45) is -0.116. The molecule has 1 heterocycles. The molecule has 0 saturated heterocycles. The van der Waals surface area contributed by atoms with Gasteiger partial charge in [-0.05, 0) is 24.5 Å². The first-order valence-corrected chi connectivity index (χ1v) is 14.0. The Morgan fingerprint density at radius 3 is 2.25 bits per heavy atom. The molecule has 0 bridgehead atoms. The van der Waals surface area contributed by atoms with Gasteiger partial charge in [-0.2, -0.15) is 0 Å². The van der Waals surface area contributed by atoms with Gasteiger partial charge in [0.15, 0.2) is 0 Å². The summed E-state index contributed by atoms with van der Waals surface area (Å²) >= 11 is 0. The van der Waals surface area contributed by atoms with Crippen LogP contribution in [0.5, 0.6) is 0 Å². The Kier molecular flexibility index (Phi) is 10.8. The third-order valence-corrected chi connectivity index (χ3v) is 6.44. The molecule has 2 N–H and O–H groups in total. The first-order chi connectivity index (χ1) is 21.2. The molecule has 1 unspecified atom stereocenters. The number of imidazole rings is 1. The number of carbonyl (C=O) groups is 3.